The number of nitrogens with zero attached hydrogens (tertiary/aromatic N) is 2. The third kappa shape index (κ3) is 5.20. The van der Waals surface area contributed by atoms with Crippen molar-refractivity contribution in [2.45, 2.75) is 19.8 Å². The Hall–Kier alpha value is -3.20. The van der Waals surface area contributed by atoms with Crippen LogP contribution in [-0.4, -0.2) is 55.3 Å². The molecule has 1 fully saturated rings. The average Bonchev–Trinajstić information content (AvgIpc) is 2.73. The lowest BCUT2D eigenvalue weighted by molar-refractivity contribution is -0.116. The van der Waals surface area contributed by atoms with Crippen molar-refractivity contribution in [2.75, 3.05) is 43.6 Å². The fraction of sp³-hybridized carbons (Fsp3) is 0.400. The summed E-state index contributed by atoms with van der Waals surface area (Å²) in [7, 11) is 1.31. The van der Waals surface area contributed by atoms with Crippen LogP contribution in [0.3, 0.4) is 0 Å². The Bertz CT molecular complexity index is 933. The topological polar surface area (TPSA) is 114 Å². The lowest BCUT2D eigenvalue weighted by atomic mass is 10.1. The summed E-state index contributed by atoms with van der Waals surface area (Å²) in [6.07, 6.45) is 0.422. The van der Waals surface area contributed by atoms with Gasteiger partial charge in [0.25, 0.3) is 5.56 Å². The number of benzene rings is 1. The number of esters is 1. The van der Waals surface area contributed by atoms with Gasteiger partial charge in [-0.15, -0.1) is 0 Å². The molecule has 29 heavy (non-hydrogen) atoms. The molecule has 0 unspecified atom stereocenters. The summed E-state index contributed by atoms with van der Waals surface area (Å²) in [6.45, 7) is 4.34. The summed E-state index contributed by atoms with van der Waals surface area (Å²) in [6, 6.07) is 6.40. The van der Waals surface area contributed by atoms with Crippen LogP contribution in [0.2, 0.25) is 0 Å². The van der Waals surface area contributed by atoms with Gasteiger partial charge in [0.2, 0.25) is 11.9 Å². The summed E-state index contributed by atoms with van der Waals surface area (Å²) >= 11 is 0. The van der Waals surface area contributed by atoms with Crippen molar-refractivity contribution in [3.05, 3.63) is 51.4 Å². The summed E-state index contributed by atoms with van der Waals surface area (Å²) < 4.78 is 9.95. The first-order valence-electron chi connectivity index (χ1n) is 9.38. The lowest BCUT2D eigenvalue weighted by Crippen LogP contribution is -2.38. The highest BCUT2D eigenvalue weighted by atomic mass is 16.5. The van der Waals surface area contributed by atoms with E-state index in [9.17, 15) is 14.4 Å². The van der Waals surface area contributed by atoms with Crippen molar-refractivity contribution in [3.8, 4) is 0 Å². The van der Waals surface area contributed by atoms with E-state index in [1.807, 2.05) is 4.90 Å². The number of carbonyl (C=O) groups excluding carboxylic acids is 2. The van der Waals surface area contributed by atoms with E-state index < -0.39 is 5.97 Å². The minimum Gasteiger partial charge on any atom is -0.465 e. The number of hydrogen-bond acceptors (Lipinski definition) is 7. The van der Waals surface area contributed by atoms with Crippen molar-refractivity contribution < 1.29 is 19.1 Å². The zero-order chi connectivity index (χ0) is 20.8. The molecule has 0 atom stereocenters. The summed E-state index contributed by atoms with van der Waals surface area (Å²) in [5.74, 6) is -0.132. The van der Waals surface area contributed by atoms with Gasteiger partial charge in [-0.05, 0) is 37.6 Å². The number of hydrogen-bond donors (Lipinski definition) is 2. The van der Waals surface area contributed by atoms with Gasteiger partial charge < -0.3 is 19.7 Å². The van der Waals surface area contributed by atoms with Gasteiger partial charge in [-0.2, -0.15) is 0 Å². The van der Waals surface area contributed by atoms with E-state index in [0.29, 0.717) is 54.8 Å². The number of ether oxygens (including phenoxy) is 2. The number of nitrogens with one attached hydrogen (secondary N) is 2. The highest BCUT2D eigenvalue weighted by Crippen LogP contribution is 2.13. The average molecular weight is 400 g/mol. The van der Waals surface area contributed by atoms with E-state index in [2.05, 4.69) is 20.0 Å². The molecule has 0 saturated carbocycles. The molecule has 9 heteroatoms. The monoisotopic (exact) mass is 400 g/mol. The number of rotatable bonds is 6. The SMILES string of the molecule is COC(=O)c1ccc(NC(=O)CCc2c(C)nc(N3CCOCC3)[nH]c2=O)cc1. The second-order valence-electron chi connectivity index (χ2n) is 6.67. The summed E-state index contributed by atoms with van der Waals surface area (Å²) in [5, 5.41) is 2.75. The Morgan fingerprint density at radius 1 is 1.24 bits per heavy atom. The fourth-order valence-corrected chi connectivity index (χ4v) is 3.08. The number of anilines is 2. The van der Waals surface area contributed by atoms with Crippen molar-refractivity contribution >= 4 is 23.5 Å². The molecular weight excluding hydrogens is 376 g/mol. The summed E-state index contributed by atoms with van der Waals surface area (Å²) in [5.41, 5.74) is 1.85. The van der Waals surface area contributed by atoms with Crippen molar-refractivity contribution in [2.24, 2.45) is 0 Å². The molecule has 0 bridgehead atoms. The van der Waals surface area contributed by atoms with Gasteiger partial charge in [0.1, 0.15) is 0 Å². The smallest absolute Gasteiger partial charge is 0.337 e. The molecule has 0 radical (unpaired) electrons. The largest absolute Gasteiger partial charge is 0.465 e. The molecule has 1 aromatic carbocycles. The molecule has 1 amide bonds. The van der Waals surface area contributed by atoms with Crippen LogP contribution in [0, 0.1) is 6.92 Å². The molecule has 1 aromatic heterocycles. The molecule has 154 valence electrons. The molecular formula is C20H24N4O5. The van der Waals surface area contributed by atoms with Crippen LogP contribution >= 0.6 is 0 Å². The molecule has 3 rings (SSSR count). The Balaban J connectivity index is 1.59. The minimum absolute atomic E-state index is 0.140. The molecule has 2 heterocycles. The summed E-state index contributed by atoms with van der Waals surface area (Å²) in [4.78, 5) is 45.4. The maximum atomic E-state index is 12.5. The first-order chi connectivity index (χ1) is 14.0. The predicted molar refractivity (Wildman–Crippen MR) is 107 cm³/mol. The predicted octanol–water partition coefficient (Wildman–Crippen LogP) is 1.27. The maximum Gasteiger partial charge on any atom is 0.337 e. The van der Waals surface area contributed by atoms with Gasteiger partial charge in [-0.3, -0.25) is 14.6 Å². The van der Waals surface area contributed by atoms with Crippen molar-refractivity contribution in [1.82, 2.24) is 9.97 Å². The first-order valence-corrected chi connectivity index (χ1v) is 9.38. The molecule has 2 aromatic rings. The molecule has 0 aliphatic carbocycles. The molecule has 2 N–H and O–H groups in total. The van der Waals surface area contributed by atoms with Gasteiger partial charge in [-0.25, -0.2) is 9.78 Å². The highest BCUT2D eigenvalue weighted by Gasteiger charge is 2.17. The third-order valence-corrected chi connectivity index (χ3v) is 4.71. The molecule has 1 aliphatic heterocycles. The van der Waals surface area contributed by atoms with E-state index in [1.54, 1.807) is 31.2 Å². The first kappa shape index (κ1) is 20.5. The van der Waals surface area contributed by atoms with Gasteiger partial charge in [-0.1, -0.05) is 0 Å². The van der Waals surface area contributed by atoms with Gasteiger partial charge in [0.05, 0.1) is 25.9 Å². The zero-order valence-corrected chi connectivity index (χ0v) is 16.5. The van der Waals surface area contributed by atoms with E-state index in [0.717, 1.165) is 0 Å². The van der Waals surface area contributed by atoms with Crippen LogP contribution in [0.15, 0.2) is 29.1 Å². The molecule has 1 saturated heterocycles. The van der Waals surface area contributed by atoms with Crippen LogP contribution in [0.5, 0.6) is 0 Å². The van der Waals surface area contributed by atoms with Crippen LogP contribution in [-0.2, 0) is 20.7 Å². The minimum atomic E-state index is -0.439. The Morgan fingerprint density at radius 2 is 1.93 bits per heavy atom. The Kier molecular flexibility index (Phi) is 6.61. The number of aromatic nitrogens is 2. The molecule has 9 nitrogen and oxygen atoms in total. The highest BCUT2D eigenvalue weighted by molar-refractivity contribution is 5.93. The quantitative estimate of drug-likeness (QED) is 0.702. The number of morpholine rings is 1. The second-order valence-corrected chi connectivity index (χ2v) is 6.67. The molecule has 1 aliphatic rings. The normalized spacial score (nSPS) is 13.8. The van der Waals surface area contributed by atoms with E-state index in [-0.39, 0.29) is 24.3 Å². The van der Waals surface area contributed by atoms with Crippen LogP contribution in [0.25, 0.3) is 0 Å². The molecule has 0 spiro atoms. The number of carbonyl (C=O) groups is 2. The van der Waals surface area contributed by atoms with Gasteiger partial charge in [0.15, 0.2) is 0 Å². The lowest BCUT2D eigenvalue weighted by Gasteiger charge is -2.27. The van der Waals surface area contributed by atoms with Crippen LogP contribution in [0.1, 0.15) is 28.0 Å². The van der Waals surface area contributed by atoms with Gasteiger partial charge >= 0.3 is 5.97 Å². The Morgan fingerprint density at radius 3 is 2.55 bits per heavy atom. The zero-order valence-electron chi connectivity index (χ0n) is 16.5. The van der Waals surface area contributed by atoms with E-state index in [1.165, 1.54) is 7.11 Å². The fourth-order valence-electron chi connectivity index (χ4n) is 3.08. The number of amides is 1. The van der Waals surface area contributed by atoms with Crippen molar-refractivity contribution in [3.63, 3.8) is 0 Å². The number of methoxy groups -OCH3 is 1. The van der Waals surface area contributed by atoms with E-state index >= 15 is 0 Å². The van der Waals surface area contributed by atoms with E-state index in [4.69, 9.17) is 4.74 Å². The Labute approximate surface area is 168 Å². The van der Waals surface area contributed by atoms with Crippen LogP contribution < -0.4 is 15.8 Å². The van der Waals surface area contributed by atoms with Gasteiger partial charge in [0, 0.05) is 36.5 Å². The third-order valence-electron chi connectivity index (χ3n) is 4.71. The number of aromatic amines is 1. The standard InChI is InChI=1S/C20H24N4O5/c1-13-16(18(26)23-20(21-13)24-9-11-29-12-10-24)7-8-17(25)22-15-5-3-14(4-6-15)19(27)28-2/h3-6H,7-12H2,1-2H3,(H,22,25)(H,21,23,26). The number of H-pyrrole nitrogens is 1. The second kappa shape index (κ2) is 9.33. The maximum absolute atomic E-state index is 12.5. The van der Waals surface area contributed by atoms with Crippen molar-refractivity contribution in [1.29, 1.82) is 0 Å². The van der Waals surface area contributed by atoms with Crippen LogP contribution in [0.4, 0.5) is 11.6 Å². The number of aryl methyl sites for hydroxylation is 1.